The highest BCUT2D eigenvalue weighted by Crippen LogP contribution is 2.19. The maximum absolute atomic E-state index is 12.2. The number of aromatic nitrogens is 6. The topological polar surface area (TPSA) is 113 Å². The van der Waals surface area contributed by atoms with Crippen LogP contribution in [0, 0.1) is 0 Å². The van der Waals surface area contributed by atoms with Gasteiger partial charge in [-0.25, -0.2) is 9.48 Å². The van der Waals surface area contributed by atoms with E-state index in [1.54, 1.807) is 17.1 Å². The predicted molar refractivity (Wildman–Crippen MR) is 97.0 cm³/mol. The second-order valence-electron chi connectivity index (χ2n) is 7.02. The van der Waals surface area contributed by atoms with Gasteiger partial charge >= 0.3 is 6.03 Å². The average molecular weight is 354 g/mol. The van der Waals surface area contributed by atoms with E-state index in [0.29, 0.717) is 5.82 Å². The fourth-order valence-corrected chi connectivity index (χ4v) is 2.33. The molecule has 2 aromatic heterocycles. The van der Waals surface area contributed by atoms with Crippen LogP contribution in [0.3, 0.4) is 0 Å². The molecule has 2 heterocycles. The van der Waals surface area contributed by atoms with Gasteiger partial charge < -0.3 is 5.32 Å². The Labute approximate surface area is 151 Å². The lowest BCUT2D eigenvalue weighted by Crippen LogP contribution is -2.31. The molecule has 0 saturated heterocycles. The summed E-state index contributed by atoms with van der Waals surface area (Å²) in [6.07, 6.45) is 3.39. The largest absolute Gasteiger partial charge is 0.331 e. The lowest BCUT2D eigenvalue weighted by atomic mass is 9.96. The third-order valence-electron chi connectivity index (χ3n) is 3.85. The minimum atomic E-state index is -0.364. The van der Waals surface area contributed by atoms with Crippen molar-refractivity contribution >= 4 is 12.0 Å². The first-order valence-corrected chi connectivity index (χ1v) is 8.30. The normalized spacial score (nSPS) is 12.6. The van der Waals surface area contributed by atoms with Crippen molar-refractivity contribution in [3.05, 3.63) is 48.0 Å². The SMILES string of the molecule is CC(NC(=O)Nc1n[nH]c(C(C)(C)C)n1)c1ccc(-n2ccnn2)cc1. The Kier molecular flexibility index (Phi) is 4.70. The van der Waals surface area contributed by atoms with E-state index < -0.39 is 0 Å². The molecule has 0 fully saturated rings. The highest BCUT2D eigenvalue weighted by molar-refractivity contribution is 5.87. The van der Waals surface area contributed by atoms with Crippen molar-refractivity contribution in [3.8, 4) is 5.69 Å². The molecule has 9 nitrogen and oxygen atoms in total. The molecular weight excluding hydrogens is 332 g/mol. The first-order valence-electron chi connectivity index (χ1n) is 8.30. The lowest BCUT2D eigenvalue weighted by molar-refractivity contribution is 0.249. The van der Waals surface area contributed by atoms with Gasteiger partial charge in [0.2, 0.25) is 5.95 Å². The Hall–Kier alpha value is -3.23. The van der Waals surface area contributed by atoms with Crippen molar-refractivity contribution in [1.82, 2.24) is 35.5 Å². The molecule has 1 atom stereocenters. The van der Waals surface area contributed by atoms with Gasteiger partial charge in [0.05, 0.1) is 24.1 Å². The van der Waals surface area contributed by atoms with E-state index in [2.05, 4.69) is 36.1 Å². The van der Waals surface area contributed by atoms with Crippen LogP contribution in [-0.4, -0.2) is 36.2 Å². The number of urea groups is 1. The molecule has 3 N–H and O–H groups in total. The minimum absolute atomic E-state index is 0.164. The maximum atomic E-state index is 12.2. The van der Waals surface area contributed by atoms with Crippen LogP contribution in [-0.2, 0) is 5.41 Å². The van der Waals surface area contributed by atoms with E-state index in [1.807, 2.05) is 52.0 Å². The first kappa shape index (κ1) is 17.6. The van der Waals surface area contributed by atoms with Gasteiger partial charge in [-0.15, -0.1) is 10.2 Å². The van der Waals surface area contributed by atoms with Gasteiger partial charge in [0.15, 0.2) is 0 Å². The third kappa shape index (κ3) is 4.05. The number of anilines is 1. The quantitative estimate of drug-likeness (QED) is 0.666. The summed E-state index contributed by atoms with van der Waals surface area (Å²) in [5, 5.41) is 20.1. The summed E-state index contributed by atoms with van der Waals surface area (Å²) in [6.45, 7) is 7.95. The molecule has 136 valence electrons. The monoisotopic (exact) mass is 354 g/mol. The molecule has 0 aliphatic rings. The molecule has 1 aromatic carbocycles. The van der Waals surface area contributed by atoms with Crippen molar-refractivity contribution in [3.63, 3.8) is 0 Å². The number of carbonyl (C=O) groups is 1. The number of amides is 2. The summed E-state index contributed by atoms with van der Waals surface area (Å²) in [4.78, 5) is 16.5. The van der Waals surface area contributed by atoms with Crippen LogP contribution in [0.2, 0.25) is 0 Å². The molecule has 3 rings (SSSR count). The summed E-state index contributed by atoms with van der Waals surface area (Å²) >= 11 is 0. The van der Waals surface area contributed by atoms with Crippen molar-refractivity contribution in [2.24, 2.45) is 0 Å². The summed E-state index contributed by atoms with van der Waals surface area (Å²) in [7, 11) is 0. The van der Waals surface area contributed by atoms with E-state index in [0.717, 1.165) is 11.3 Å². The van der Waals surface area contributed by atoms with Crippen LogP contribution in [0.1, 0.15) is 45.1 Å². The number of nitrogens with one attached hydrogen (secondary N) is 3. The number of benzene rings is 1. The molecule has 26 heavy (non-hydrogen) atoms. The Balaban J connectivity index is 1.59. The average Bonchev–Trinajstić information content (AvgIpc) is 3.26. The van der Waals surface area contributed by atoms with Crippen LogP contribution in [0.5, 0.6) is 0 Å². The second-order valence-corrected chi connectivity index (χ2v) is 7.02. The number of hydrogen-bond acceptors (Lipinski definition) is 5. The Morgan fingerprint density at radius 3 is 2.54 bits per heavy atom. The van der Waals surface area contributed by atoms with Crippen molar-refractivity contribution < 1.29 is 4.79 Å². The maximum Gasteiger partial charge on any atom is 0.322 e. The van der Waals surface area contributed by atoms with Gasteiger partial charge in [-0.05, 0) is 24.6 Å². The summed E-state index contributed by atoms with van der Waals surface area (Å²) in [6, 6.07) is 7.17. The zero-order valence-corrected chi connectivity index (χ0v) is 15.2. The third-order valence-corrected chi connectivity index (χ3v) is 3.85. The van der Waals surface area contributed by atoms with E-state index >= 15 is 0 Å². The van der Waals surface area contributed by atoms with Gasteiger partial charge in [0.25, 0.3) is 0 Å². The number of nitrogens with zero attached hydrogens (tertiary/aromatic N) is 5. The molecule has 0 radical (unpaired) electrons. The number of rotatable bonds is 4. The molecule has 0 spiro atoms. The summed E-state index contributed by atoms with van der Waals surface area (Å²) in [5.74, 6) is 0.964. The summed E-state index contributed by atoms with van der Waals surface area (Å²) < 4.78 is 1.67. The standard InChI is InChI=1S/C17H22N8O/c1-11(12-5-7-13(8-6-12)25-10-9-18-24-25)19-16(26)21-15-20-14(22-23-15)17(2,3)4/h5-11H,1-4H3,(H3,19,20,21,22,23,26). The van der Waals surface area contributed by atoms with Gasteiger partial charge in [-0.2, -0.15) is 4.98 Å². The second kappa shape index (κ2) is 6.95. The molecule has 2 amide bonds. The predicted octanol–water partition coefficient (Wildman–Crippen LogP) is 2.57. The number of aromatic amines is 1. The number of hydrogen-bond donors (Lipinski definition) is 3. The van der Waals surface area contributed by atoms with Gasteiger partial charge in [0, 0.05) is 5.41 Å². The zero-order valence-electron chi connectivity index (χ0n) is 15.2. The summed E-state index contributed by atoms with van der Waals surface area (Å²) in [5.41, 5.74) is 1.70. The van der Waals surface area contributed by atoms with Crippen LogP contribution in [0.25, 0.3) is 5.69 Å². The van der Waals surface area contributed by atoms with Gasteiger partial charge in [-0.3, -0.25) is 10.4 Å². The minimum Gasteiger partial charge on any atom is -0.331 e. The number of carbonyl (C=O) groups excluding carboxylic acids is 1. The molecule has 0 bridgehead atoms. The van der Waals surface area contributed by atoms with E-state index in [-0.39, 0.29) is 23.4 Å². The van der Waals surface area contributed by atoms with E-state index in [9.17, 15) is 4.79 Å². The molecule has 0 saturated carbocycles. The van der Waals surface area contributed by atoms with E-state index in [1.165, 1.54) is 0 Å². The van der Waals surface area contributed by atoms with E-state index in [4.69, 9.17) is 0 Å². The molecule has 0 aliphatic carbocycles. The zero-order chi connectivity index (χ0) is 18.7. The number of H-pyrrole nitrogens is 1. The van der Waals surface area contributed by atoms with Crippen molar-refractivity contribution in [1.29, 1.82) is 0 Å². The molecule has 3 aromatic rings. The van der Waals surface area contributed by atoms with Gasteiger partial charge in [0.1, 0.15) is 5.82 Å². The van der Waals surface area contributed by atoms with Crippen molar-refractivity contribution in [2.45, 2.75) is 39.2 Å². The Morgan fingerprint density at radius 2 is 1.96 bits per heavy atom. The highest BCUT2D eigenvalue weighted by Gasteiger charge is 2.19. The smallest absolute Gasteiger partial charge is 0.322 e. The van der Waals surface area contributed by atoms with Crippen molar-refractivity contribution in [2.75, 3.05) is 5.32 Å². The Bertz CT molecular complexity index is 861. The fourth-order valence-electron chi connectivity index (χ4n) is 2.33. The van der Waals surface area contributed by atoms with Crippen LogP contribution in [0.15, 0.2) is 36.7 Å². The van der Waals surface area contributed by atoms with Gasteiger partial charge in [-0.1, -0.05) is 38.1 Å². The van der Waals surface area contributed by atoms with Crippen LogP contribution < -0.4 is 10.6 Å². The molecule has 1 unspecified atom stereocenters. The first-order chi connectivity index (χ1) is 12.3. The Morgan fingerprint density at radius 1 is 1.23 bits per heavy atom. The fraction of sp³-hybridized carbons (Fsp3) is 0.353. The molecular formula is C17H22N8O. The molecule has 9 heteroatoms. The van der Waals surface area contributed by atoms with Crippen LogP contribution in [0.4, 0.5) is 10.7 Å². The van der Waals surface area contributed by atoms with Crippen LogP contribution >= 0.6 is 0 Å². The lowest BCUT2D eigenvalue weighted by Gasteiger charge is -2.15. The highest BCUT2D eigenvalue weighted by atomic mass is 16.2. The molecule has 0 aliphatic heterocycles.